The fourth-order valence-corrected chi connectivity index (χ4v) is 1.58. The Kier molecular flexibility index (Phi) is 1.74. The van der Waals surface area contributed by atoms with E-state index in [0.717, 1.165) is 11.1 Å². The van der Waals surface area contributed by atoms with Crippen molar-refractivity contribution in [1.29, 1.82) is 0 Å². The quantitative estimate of drug-likeness (QED) is 0.617. The van der Waals surface area contributed by atoms with E-state index in [1.807, 2.05) is 37.3 Å². The molecule has 0 fully saturated rings. The van der Waals surface area contributed by atoms with Crippen LogP contribution in [0.25, 0.3) is 6.08 Å². The fraction of sp³-hybridized carbons (Fsp3) is 0.273. The van der Waals surface area contributed by atoms with E-state index in [4.69, 9.17) is 0 Å². The van der Waals surface area contributed by atoms with E-state index in [2.05, 4.69) is 6.08 Å². The van der Waals surface area contributed by atoms with E-state index in [-0.39, 0.29) is 12.0 Å². The first kappa shape index (κ1) is 7.56. The first-order valence-electron chi connectivity index (χ1n) is 4.24. The zero-order valence-corrected chi connectivity index (χ0v) is 7.07. The third-order valence-electron chi connectivity index (χ3n) is 2.39. The van der Waals surface area contributed by atoms with Gasteiger partial charge in [-0.05, 0) is 11.1 Å². The highest BCUT2D eigenvalue weighted by Gasteiger charge is 2.19. The standard InChI is InChI=1S/C11H12O/c1-8-6-7-9-4-2-3-5-10(9)11(8)12/h2-8,11-12H,1H3/t8?,11-/m0/s1. The predicted molar refractivity (Wildman–Crippen MR) is 49.6 cm³/mol. The molecular weight excluding hydrogens is 148 g/mol. The van der Waals surface area contributed by atoms with Crippen LogP contribution < -0.4 is 0 Å². The number of hydrogen-bond donors (Lipinski definition) is 1. The van der Waals surface area contributed by atoms with Crippen LogP contribution >= 0.6 is 0 Å². The highest BCUT2D eigenvalue weighted by Crippen LogP contribution is 2.31. The summed E-state index contributed by atoms with van der Waals surface area (Å²) in [4.78, 5) is 0. The van der Waals surface area contributed by atoms with E-state index in [0.29, 0.717) is 0 Å². The molecule has 62 valence electrons. The van der Waals surface area contributed by atoms with E-state index >= 15 is 0 Å². The van der Waals surface area contributed by atoms with Gasteiger partial charge in [-0.25, -0.2) is 0 Å². The minimum atomic E-state index is -0.328. The van der Waals surface area contributed by atoms with Crippen LogP contribution in [0.1, 0.15) is 24.2 Å². The smallest absolute Gasteiger partial charge is 0.0855 e. The second-order valence-corrected chi connectivity index (χ2v) is 3.29. The SMILES string of the molecule is CC1C=Cc2ccccc2[C@H]1O. The van der Waals surface area contributed by atoms with Crippen molar-refractivity contribution < 1.29 is 5.11 Å². The van der Waals surface area contributed by atoms with Crippen LogP contribution in [0.4, 0.5) is 0 Å². The van der Waals surface area contributed by atoms with Crippen molar-refractivity contribution in [3.8, 4) is 0 Å². The van der Waals surface area contributed by atoms with Crippen molar-refractivity contribution in [1.82, 2.24) is 0 Å². The molecule has 2 rings (SSSR count). The van der Waals surface area contributed by atoms with Crippen molar-refractivity contribution in [2.45, 2.75) is 13.0 Å². The lowest BCUT2D eigenvalue weighted by Gasteiger charge is -2.22. The molecular formula is C11H12O. The first-order chi connectivity index (χ1) is 5.79. The first-order valence-corrected chi connectivity index (χ1v) is 4.24. The molecule has 1 aliphatic rings. The Morgan fingerprint density at radius 2 is 2.00 bits per heavy atom. The second-order valence-electron chi connectivity index (χ2n) is 3.29. The summed E-state index contributed by atoms with van der Waals surface area (Å²) in [6.45, 7) is 2.02. The Bertz CT molecular complexity index is 315. The van der Waals surface area contributed by atoms with Gasteiger partial charge in [-0.15, -0.1) is 0 Å². The zero-order chi connectivity index (χ0) is 8.55. The maximum Gasteiger partial charge on any atom is 0.0855 e. The van der Waals surface area contributed by atoms with Crippen LogP contribution in [-0.2, 0) is 0 Å². The summed E-state index contributed by atoms with van der Waals surface area (Å²) in [6, 6.07) is 7.97. The number of benzene rings is 1. The molecule has 0 aromatic heterocycles. The van der Waals surface area contributed by atoms with Gasteiger partial charge in [-0.2, -0.15) is 0 Å². The van der Waals surface area contributed by atoms with Gasteiger partial charge in [-0.3, -0.25) is 0 Å². The van der Waals surface area contributed by atoms with Gasteiger partial charge in [0.25, 0.3) is 0 Å². The molecule has 1 heteroatoms. The maximum atomic E-state index is 9.78. The molecule has 0 spiro atoms. The minimum absolute atomic E-state index is 0.236. The molecule has 0 saturated carbocycles. The summed E-state index contributed by atoms with van der Waals surface area (Å²) in [5.41, 5.74) is 2.19. The average molecular weight is 160 g/mol. The third-order valence-corrected chi connectivity index (χ3v) is 2.39. The second kappa shape index (κ2) is 2.76. The molecule has 0 radical (unpaired) electrons. The number of fused-ring (bicyclic) bond motifs is 1. The third kappa shape index (κ3) is 1.07. The predicted octanol–water partition coefficient (Wildman–Crippen LogP) is 2.38. The summed E-state index contributed by atoms with van der Waals surface area (Å²) < 4.78 is 0. The van der Waals surface area contributed by atoms with E-state index in [1.54, 1.807) is 0 Å². The number of hydrogen-bond acceptors (Lipinski definition) is 1. The van der Waals surface area contributed by atoms with Crippen LogP contribution in [-0.4, -0.2) is 5.11 Å². The van der Waals surface area contributed by atoms with E-state index in [1.165, 1.54) is 0 Å². The van der Waals surface area contributed by atoms with Crippen molar-refractivity contribution in [2.75, 3.05) is 0 Å². The number of rotatable bonds is 0. The van der Waals surface area contributed by atoms with Crippen molar-refractivity contribution in [3.05, 3.63) is 41.5 Å². The van der Waals surface area contributed by atoms with Crippen LogP contribution in [0.3, 0.4) is 0 Å². The van der Waals surface area contributed by atoms with Gasteiger partial charge in [0.1, 0.15) is 0 Å². The topological polar surface area (TPSA) is 20.2 Å². The average Bonchev–Trinajstić information content (AvgIpc) is 2.12. The summed E-state index contributed by atoms with van der Waals surface area (Å²) in [6.07, 6.45) is 3.80. The van der Waals surface area contributed by atoms with Gasteiger partial charge in [-0.1, -0.05) is 43.3 Å². The van der Waals surface area contributed by atoms with Gasteiger partial charge in [0.15, 0.2) is 0 Å². The molecule has 0 saturated heterocycles. The van der Waals surface area contributed by atoms with Gasteiger partial charge in [0.05, 0.1) is 6.10 Å². The molecule has 2 atom stereocenters. The summed E-state index contributed by atoms with van der Waals surface area (Å²) >= 11 is 0. The van der Waals surface area contributed by atoms with Gasteiger partial charge < -0.3 is 5.11 Å². The van der Waals surface area contributed by atoms with Crippen LogP contribution in [0.2, 0.25) is 0 Å². The molecule has 1 aliphatic carbocycles. The fourth-order valence-electron chi connectivity index (χ4n) is 1.58. The highest BCUT2D eigenvalue weighted by atomic mass is 16.3. The molecule has 0 amide bonds. The van der Waals surface area contributed by atoms with Crippen LogP contribution in [0, 0.1) is 5.92 Å². The van der Waals surface area contributed by atoms with Crippen LogP contribution in [0.5, 0.6) is 0 Å². The molecule has 0 bridgehead atoms. The Morgan fingerprint density at radius 1 is 1.25 bits per heavy atom. The molecule has 1 aromatic carbocycles. The number of aliphatic hydroxyl groups excluding tert-OH is 1. The molecule has 0 heterocycles. The summed E-state index contributed by atoms with van der Waals surface area (Å²) in [7, 11) is 0. The zero-order valence-electron chi connectivity index (χ0n) is 7.07. The lowest BCUT2D eigenvalue weighted by molar-refractivity contribution is 0.138. The van der Waals surface area contributed by atoms with Crippen molar-refractivity contribution >= 4 is 6.08 Å². The maximum absolute atomic E-state index is 9.78. The number of aliphatic hydroxyl groups is 1. The van der Waals surface area contributed by atoms with Gasteiger partial charge in [0, 0.05) is 5.92 Å². The molecule has 1 nitrogen and oxygen atoms in total. The van der Waals surface area contributed by atoms with E-state index < -0.39 is 0 Å². The Labute approximate surface area is 72.4 Å². The van der Waals surface area contributed by atoms with Crippen molar-refractivity contribution in [2.24, 2.45) is 5.92 Å². The molecule has 12 heavy (non-hydrogen) atoms. The molecule has 1 N–H and O–H groups in total. The Morgan fingerprint density at radius 3 is 2.83 bits per heavy atom. The summed E-state index contributed by atoms with van der Waals surface area (Å²) in [5, 5.41) is 9.78. The van der Waals surface area contributed by atoms with Crippen molar-refractivity contribution in [3.63, 3.8) is 0 Å². The molecule has 0 aliphatic heterocycles. The van der Waals surface area contributed by atoms with Crippen LogP contribution in [0.15, 0.2) is 30.3 Å². The Balaban J connectivity index is 2.52. The summed E-state index contributed by atoms with van der Waals surface area (Å²) in [5.74, 6) is 0.236. The lowest BCUT2D eigenvalue weighted by Crippen LogP contribution is -2.11. The normalized spacial score (nSPS) is 26.8. The molecule has 1 unspecified atom stereocenters. The monoisotopic (exact) mass is 160 g/mol. The lowest BCUT2D eigenvalue weighted by atomic mass is 9.88. The van der Waals surface area contributed by atoms with E-state index in [9.17, 15) is 5.11 Å². The van der Waals surface area contributed by atoms with Gasteiger partial charge in [0.2, 0.25) is 0 Å². The molecule has 1 aromatic rings. The van der Waals surface area contributed by atoms with Gasteiger partial charge >= 0.3 is 0 Å². The highest BCUT2D eigenvalue weighted by molar-refractivity contribution is 5.57. The minimum Gasteiger partial charge on any atom is -0.388 e. The largest absolute Gasteiger partial charge is 0.388 e. The Hall–Kier alpha value is -1.08.